The van der Waals surface area contributed by atoms with Crippen molar-refractivity contribution in [1.82, 2.24) is 0 Å². The highest BCUT2D eigenvalue weighted by molar-refractivity contribution is 5.71. The van der Waals surface area contributed by atoms with E-state index in [1.807, 2.05) is 43.3 Å². The van der Waals surface area contributed by atoms with Gasteiger partial charge < -0.3 is 14.6 Å². The second-order valence-electron chi connectivity index (χ2n) is 10.8. The summed E-state index contributed by atoms with van der Waals surface area (Å²) in [6.07, 6.45) is 4.21. The Balaban J connectivity index is 1.64. The van der Waals surface area contributed by atoms with Gasteiger partial charge in [-0.25, -0.2) is 4.39 Å². The normalized spacial score (nSPS) is 17.4. The minimum Gasteiger partial charge on any atom is -0.497 e. The average molecular weight is 505 g/mol. The molecule has 0 radical (unpaired) electrons. The smallest absolute Gasteiger partial charge is 0.303 e. The van der Waals surface area contributed by atoms with Gasteiger partial charge in [0.25, 0.3) is 0 Å². The molecule has 1 saturated carbocycles. The monoisotopic (exact) mass is 504 g/mol. The molecular formula is C32H37FO4. The van der Waals surface area contributed by atoms with E-state index in [-0.39, 0.29) is 23.6 Å². The summed E-state index contributed by atoms with van der Waals surface area (Å²) in [5.74, 6) is 0.561. The lowest BCUT2D eigenvalue weighted by Crippen LogP contribution is -2.17. The first-order valence-corrected chi connectivity index (χ1v) is 13.1. The maximum atomic E-state index is 15.0. The van der Waals surface area contributed by atoms with E-state index in [2.05, 4.69) is 19.9 Å². The Morgan fingerprint density at radius 1 is 1.08 bits per heavy atom. The fourth-order valence-electron chi connectivity index (χ4n) is 5.71. The molecule has 196 valence electrons. The molecular weight excluding hydrogens is 467 g/mol. The summed E-state index contributed by atoms with van der Waals surface area (Å²) in [6, 6.07) is 18.8. The standard InChI is InChI=1S/C32H37FO4/c1-5-22(18-31(34)35)23-8-6-9-25(17-23)37-20-21-11-13-26(28-19-24(36-4)12-14-30(28)33)27(16-21)29-10-7-15-32(29,2)3/h6,8-9,11-14,16-17,19,22,29H,5,7,10,15,18,20H2,1-4H3,(H,34,35)/t22-,29+/m0/s1. The largest absolute Gasteiger partial charge is 0.497 e. The molecule has 4 rings (SSSR count). The molecule has 3 aromatic carbocycles. The number of hydrogen-bond acceptors (Lipinski definition) is 3. The van der Waals surface area contributed by atoms with Gasteiger partial charge in [-0.15, -0.1) is 0 Å². The summed E-state index contributed by atoms with van der Waals surface area (Å²) in [7, 11) is 1.60. The van der Waals surface area contributed by atoms with E-state index in [0.29, 0.717) is 29.6 Å². The second-order valence-corrected chi connectivity index (χ2v) is 10.8. The van der Waals surface area contributed by atoms with Crippen LogP contribution in [0.25, 0.3) is 11.1 Å². The summed E-state index contributed by atoms with van der Waals surface area (Å²) in [5.41, 5.74) is 4.73. The molecule has 0 bridgehead atoms. The van der Waals surface area contributed by atoms with Crippen LogP contribution in [0.2, 0.25) is 0 Å². The van der Waals surface area contributed by atoms with Crippen LogP contribution in [0.4, 0.5) is 4.39 Å². The van der Waals surface area contributed by atoms with Gasteiger partial charge in [-0.2, -0.15) is 0 Å². The molecule has 1 fully saturated rings. The zero-order valence-electron chi connectivity index (χ0n) is 22.2. The van der Waals surface area contributed by atoms with E-state index >= 15 is 4.39 Å². The van der Waals surface area contributed by atoms with Crippen molar-refractivity contribution in [3.8, 4) is 22.6 Å². The highest BCUT2D eigenvalue weighted by Crippen LogP contribution is 2.51. The van der Waals surface area contributed by atoms with Crippen molar-refractivity contribution < 1.29 is 23.8 Å². The van der Waals surface area contributed by atoms with Crippen molar-refractivity contribution in [3.05, 3.63) is 83.2 Å². The first-order chi connectivity index (χ1) is 17.7. The fraction of sp³-hybridized carbons (Fsp3) is 0.406. The van der Waals surface area contributed by atoms with Crippen molar-refractivity contribution in [2.24, 2.45) is 5.41 Å². The minimum absolute atomic E-state index is 0.0469. The molecule has 0 heterocycles. The molecule has 0 amide bonds. The summed E-state index contributed by atoms with van der Waals surface area (Å²) in [4.78, 5) is 11.2. The van der Waals surface area contributed by atoms with E-state index in [0.717, 1.165) is 47.9 Å². The Hall–Kier alpha value is -3.34. The van der Waals surface area contributed by atoms with Gasteiger partial charge in [0, 0.05) is 5.56 Å². The van der Waals surface area contributed by atoms with Crippen LogP contribution in [0.15, 0.2) is 60.7 Å². The summed E-state index contributed by atoms with van der Waals surface area (Å²) < 4.78 is 26.6. The number of aliphatic carboxylic acids is 1. The van der Waals surface area contributed by atoms with Crippen molar-refractivity contribution in [1.29, 1.82) is 0 Å². The quantitative estimate of drug-likeness (QED) is 0.301. The van der Waals surface area contributed by atoms with Gasteiger partial charge >= 0.3 is 5.97 Å². The Morgan fingerprint density at radius 2 is 1.89 bits per heavy atom. The predicted octanol–water partition coefficient (Wildman–Crippen LogP) is 8.34. The van der Waals surface area contributed by atoms with Gasteiger partial charge in [-0.3, -0.25) is 4.79 Å². The molecule has 2 atom stereocenters. The third kappa shape index (κ3) is 6.15. The summed E-state index contributed by atoms with van der Waals surface area (Å²) in [6.45, 7) is 6.97. The first kappa shape index (κ1) is 26.7. The Labute approximate surface area is 219 Å². The Kier molecular flexibility index (Phi) is 8.21. The molecule has 5 heteroatoms. The molecule has 0 saturated heterocycles. The third-order valence-electron chi connectivity index (χ3n) is 7.86. The third-order valence-corrected chi connectivity index (χ3v) is 7.86. The molecule has 1 N–H and O–H groups in total. The molecule has 0 aromatic heterocycles. The molecule has 0 aliphatic heterocycles. The van der Waals surface area contributed by atoms with Gasteiger partial charge in [-0.05, 0) is 89.1 Å². The van der Waals surface area contributed by atoms with Gasteiger partial charge in [0.1, 0.15) is 23.9 Å². The first-order valence-electron chi connectivity index (χ1n) is 13.1. The number of rotatable bonds is 10. The lowest BCUT2D eigenvalue weighted by Gasteiger charge is -2.30. The van der Waals surface area contributed by atoms with Gasteiger partial charge in [-0.1, -0.05) is 57.5 Å². The minimum atomic E-state index is -0.798. The number of carboxylic acids is 1. The number of carboxylic acid groups (broad SMARTS) is 1. The highest BCUT2D eigenvalue weighted by atomic mass is 19.1. The van der Waals surface area contributed by atoms with Crippen LogP contribution < -0.4 is 9.47 Å². The number of carbonyl (C=O) groups is 1. The number of ether oxygens (including phenoxy) is 2. The van der Waals surface area contributed by atoms with Crippen molar-refractivity contribution >= 4 is 5.97 Å². The Morgan fingerprint density at radius 3 is 2.57 bits per heavy atom. The summed E-state index contributed by atoms with van der Waals surface area (Å²) >= 11 is 0. The maximum Gasteiger partial charge on any atom is 0.303 e. The molecule has 0 spiro atoms. The average Bonchev–Trinajstić information content (AvgIpc) is 3.25. The van der Waals surface area contributed by atoms with E-state index in [9.17, 15) is 9.90 Å². The van der Waals surface area contributed by atoms with Crippen LogP contribution in [0.1, 0.15) is 81.4 Å². The molecule has 37 heavy (non-hydrogen) atoms. The molecule has 3 aromatic rings. The SMILES string of the molecule is CC[C@@H](CC(=O)O)c1cccc(OCc2ccc(-c3cc(OC)ccc3F)c([C@H]3CCCC3(C)C)c2)c1. The van der Waals surface area contributed by atoms with Gasteiger partial charge in [0.2, 0.25) is 0 Å². The van der Waals surface area contributed by atoms with Crippen LogP contribution >= 0.6 is 0 Å². The second kappa shape index (κ2) is 11.4. The van der Waals surface area contributed by atoms with Crippen molar-refractivity contribution in [2.45, 2.75) is 71.3 Å². The predicted molar refractivity (Wildman–Crippen MR) is 145 cm³/mol. The molecule has 1 aliphatic rings. The highest BCUT2D eigenvalue weighted by Gasteiger charge is 2.37. The number of halogens is 1. The van der Waals surface area contributed by atoms with E-state index in [1.165, 1.54) is 6.07 Å². The number of benzene rings is 3. The van der Waals surface area contributed by atoms with Crippen LogP contribution in [0.3, 0.4) is 0 Å². The molecule has 4 nitrogen and oxygen atoms in total. The van der Waals surface area contributed by atoms with Crippen molar-refractivity contribution in [2.75, 3.05) is 7.11 Å². The number of methoxy groups -OCH3 is 1. The molecule has 0 unspecified atom stereocenters. The fourth-order valence-corrected chi connectivity index (χ4v) is 5.71. The topological polar surface area (TPSA) is 55.8 Å². The van der Waals surface area contributed by atoms with Crippen LogP contribution in [0, 0.1) is 11.2 Å². The lowest BCUT2D eigenvalue weighted by molar-refractivity contribution is -0.137. The lowest BCUT2D eigenvalue weighted by atomic mass is 9.75. The maximum absolute atomic E-state index is 15.0. The zero-order valence-corrected chi connectivity index (χ0v) is 22.2. The zero-order chi connectivity index (χ0) is 26.6. The van der Waals surface area contributed by atoms with Gasteiger partial charge in [0.15, 0.2) is 0 Å². The van der Waals surface area contributed by atoms with E-state index in [4.69, 9.17) is 9.47 Å². The van der Waals surface area contributed by atoms with Crippen LogP contribution in [-0.4, -0.2) is 18.2 Å². The van der Waals surface area contributed by atoms with E-state index in [1.54, 1.807) is 19.2 Å². The van der Waals surface area contributed by atoms with Crippen LogP contribution in [0.5, 0.6) is 11.5 Å². The molecule has 1 aliphatic carbocycles. The van der Waals surface area contributed by atoms with Gasteiger partial charge in [0.05, 0.1) is 13.5 Å². The van der Waals surface area contributed by atoms with E-state index < -0.39 is 5.97 Å². The number of hydrogen-bond donors (Lipinski definition) is 1. The summed E-state index contributed by atoms with van der Waals surface area (Å²) in [5, 5.41) is 9.24. The van der Waals surface area contributed by atoms with Crippen LogP contribution in [-0.2, 0) is 11.4 Å². The van der Waals surface area contributed by atoms with Crippen molar-refractivity contribution in [3.63, 3.8) is 0 Å². The Bertz CT molecular complexity index is 1250.